The van der Waals surface area contributed by atoms with E-state index in [0.29, 0.717) is 0 Å². The summed E-state index contributed by atoms with van der Waals surface area (Å²) in [5.41, 5.74) is 7.45. The molecule has 34 heavy (non-hydrogen) atoms. The average molecular weight is 438 g/mol. The van der Waals surface area contributed by atoms with Gasteiger partial charge in [0, 0.05) is 27.9 Å². The van der Waals surface area contributed by atoms with Crippen LogP contribution in [0.3, 0.4) is 0 Å². The van der Waals surface area contributed by atoms with Gasteiger partial charge in [-0.3, -0.25) is 0 Å². The third-order valence-corrected chi connectivity index (χ3v) is 6.08. The number of anilines is 3. The summed E-state index contributed by atoms with van der Waals surface area (Å²) in [5, 5.41) is 1.12. The van der Waals surface area contributed by atoms with Gasteiger partial charge in [-0.25, -0.2) is 0 Å². The van der Waals surface area contributed by atoms with E-state index in [-0.39, 0.29) is 0 Å². The van der Waals surface area contributed by atoms with Gasteiger partial charge in [0.05, 0.1) is 5.69 Å². The predicted octanol–water partition coefficient (Wildman–Crippen LogP) is 9.24. The molecule has 1 aromatic heterocycles. The lowest BCUT2D eigenvalue weighted by Crippen LogP contribution is -2.10. The Morgan fingerprint density at radius 3 is 1.68 bits per heavy atom. The summed E-state index contributed by atoms with van der Waals surface area (Å²) in [6, 6.07) is 48.2. The van der Waals surface area contributed by atoms with Crippen molar-refractivity contribution in [2.45, 2.75) is 0 Å². The van der Waals surface area contributed by atoms with Crippen molar-refractivity contribution in [3.63, 3.8) is 0 Å². The van der Waals surface area contributed by atoms with Crippen LogP contribution in [0.15, 0.2) is 144 Å². The Balaban J connectivity index is 1.64. The van der Waals surface area contributed by atoms with Gasteiger partial charge in [0.25, 0.3) is 0 Å². The fourth-order valence-electron chi connectivity index (χ4n) is 4.57. The second-order valence-electron chi connectivity index (χ2n) is 8.19. The number of rotatable bonds is 5. The molecule has 0 radical (unpaired) electrons. The van der Waals surface area contributed by atoms with E-state index in [1.54, 1.807) is 0 Å². The van der Waals surface area contributed by atoms with Crippen LogP contribution in [-0.4, -0.2) is 0 Å². The second kappa shape index (κ2) is 8.76. The number of hydrogen-bond donors (Lipinski definition) is 0. The van der Waals surface area contributed by atoms with Crippen LogP contribution in [0.25, 0.3) is 33.4 Å². The summed E-state index contributed by atoms with van der Waals surface area (Å²) < 4.78 is 6.58. The number of furan rings is 1. The highest BCUT2D eigenvalue weighted by molar-refractivity contribution is 6.04. The molecule has 0 atom stereocenters. The van der Waals surface area contributed by atoms with E-state index >= 15 is 0 Å². The average Bonchev–Trinajstić information content (AvgIpc) is 3.30. The standard InChI is InChI=1S/C32H23NO/c1-4-14-24(15-5-1)31-28-21-11-13-23-30(28)34-32(31)27-20-10-12-22-29(27)33(25-16-6-2-7-17-25)26-18-8-3-9-19-26/h1-23H. The van der Waals surface area contributed by atoms with Gasteiger partial charge in [0.1, 0.15) is 11.3 Å². The van der Waals surface area contributed by atoms with Crippen LogP contribution >= 0.6 is 0 Å². The fourth-order valence-corrected chi connectivity index (χ4v) is 4.57. The molecule has 0 aliphatic heterocycles. The minimum atomic E-state index is 0.875. The zero-order valence-electron chi connectivity index (χ0n) is 18.6. The monoisotopic (exact) mass is 437 g/mol. The molecular formula is C32H23NO. The molecule has 6 rings (SSSR count). The van der Waals surface area contributed by atoms with E-state index < -0.39 is 0 Å². The van der Waals surface area contributed by atoms with Crippen molar-refractivity contribution < 1.29 is 4.42 Å². The van der Waals surface area contributed by atoms with Crippen molar-refractivity contribution in [1.82, 2.24) is 0 Å². The van der Waals surface area contributed by atoms with Gasteiger partial charge < -0.3 is 9.32 Å². The van der Waals surface area contributed by atoms with E-state index in [9.17, 15) is 0 Å². The third kappa shape index (κ3) is 3.56. The molecule has 1 heterocycles. The summed E-state index contributed by atoms with van der Waals surface area (Å²) in [4.78, 5) is 2.29. The van der Waals surface area contributed by atoms with E-state index in [0.717, 1.165) is 50.5 Å². The Hall–Kier alpha value is -4.56. The Morgan fingerprint density at radius 2 is 1.00 bits per heavy atom. The van der Waals surface area contributed by atoms with Gasteiger partial charge in [-0.2, -0.15) is 0 Å². The predicted molar refractivity (Wildman–Crippen MR) is 142 cm³/mol. The van der Waals surface area contributed by atoms with Crippen molar-refractivity contribution in [3.05, 3.63) is 140 Å². The van der Waals surface area contributed by atoms with Crippen LogP contribution in [-0.2, 0) is 0 Å². The lowest BCUT2D eigenvalue weighted by molar-refractivity contribution is 0.632. The molecule has 0 aliphatic carbocycles. The largest absolute Gasteiger partial charge is 0.455 e. The first-order valence-electron chi connectivity index (χ1n) is 11.5. The molecule has 0 amide bonds. The van der Waals surface area contributed by atoms with Crippen LogP contribution < -0.4 is 4.90 Å². The molecule has 0 fully saturated rings. The minimum absolute atomic E-state index is 0.875. The lowest BCUT2D eigenvalue weighted by atomic mass is 9.97. The summed E-state index contributed by atoms with van der Waals surface area (Å²) in [6.45, 7) is 0. The van der Waals surface area contributed by atoms with E-state index in [2.05, 4.69) is 114 Å². The maximum atomic E-state index is 6.58. The molecule has 0 saturated carbocycles. The summed E-state index contributed by atoms with van der Waals surface area (Å²) in [6.07, 6.45) is 0. The van der Waals surface area contributed by atoms with Gasteiger partial charge in [-0.05, 0) is 48.0 Å². The third-order valence-electron chi connectivity index (χ3n) is 6.08. The minimum Gasteiger partial charge on any atom is -0.455 e. The van der Waals surface area contributed by atoms with Gasteiger partial charge in [0.15, 0.2) is 0 Å². The molecule has 0 saturated heterocycles. The first-order chi connectivity index (χ1) is 16.9. The first kappa shape index (κ1) is 20.1. The van der Waals surface area contributed by atoms with Gasteiger partial charge >= 0.3 is 0 Å². The number of nitrogens with zero attached hydrogens (tertiary/aromatic N) is 1. The molecule has 2 heteroatoms. The summed E-state index contributed by atoms with van der Waals surface area (Å²) >= 11 is 0. The van der Waals surface area contributed by atoms with Crippen LogP contribution in [0.1, 0.15) is 0 Å². The number of para-hydroxylation sites is 4. The smallest absolute Gasteiger partial charge is 0.145 e. The maximum absolute atomic E-state index is 6.58. The number of benzene rings is 5. The van der Waals surface area contributed by atoms with Crippen LogP contribution in [0.2, 0.25) is 0 Å². The zero-order valence-corrected chi connectivity index (χ0v) is 18.6. The Bertz CT molecular complexity index is 1500. The zero-order chi connectivity index (χ0) is 22.7. The second-order valence-corrected chi connectivity index (χ2v) is 8.19. The van der Waals surface area contributed by atoms with Gasteiger partial charge in [0.2, 0.25) is 0 Å². The quantitative estimate of drug-likeness (QED) is 0.267. The van der Waals surface area contributed by atoms with Crippen molar-refractivity contribution >= 4 is 28.0 Å². The van der Waals surface area contributed by atoms with Crippen molar-refractivity contribution in [1.29, 1.82) is 0 Å². The van der Waals surface area contributed by atoms with E-state index in [4.69, 9.17) is 4.42 Å². The molecule has 0 N–H and O–H groups in total. The molecule has 0 spiro atoms. The Morgan fingerprint density at radius 1 is 0.471 bits per heavy atom. The molecular weight excluding hydrogens is 414 g/mol. The fraction of sp³-hybridized carbons (Fsp3) is 0. The summed E-state index contributed by atoms with van der Waals surface area (Å²) in [5.74, 6) is 0.875. The van der Waals surface area contributed by atoms with Crippen molar-refractivity contribution in [3.8, 4) is 22.5 Å². The van der Waals surface area contributed by atoms with Crippen LogP contribution in [0, 0.1) is 0 Å². The first-order valence-corrected chi connectivity index (χ1v) is 11.5. The molecule has 0 unspecified atom stereocenters. The molecule has 5 aromatic carbocycles. The van der Waals surface area contributed by atoms with E-state index in [1.165, 1.54) is 0 Å². The number of fused-ring (bicyclic) bond motifs is 1. The van der Waals surface area contributed by atoms with Crippen LogP contribution in [0.5, 0.6) is 0 Å². The van der Waals surface area contributed by atoms with Gasteiger partial charge in [-0.15, -0.1) is 0 Å². The normalized spacial score (nSPS) is 10.9. The molecule has 162 valence electrons. The number of hydrogen-bond acceptors (Lipinski definition) is 2. The highest BCUT2D eigenvalue weighted by Gasteiger charge is 2.23. The van der Waals surface area contributed by atoms with Gasteiger partial charge in [-0.1, -0.05) is 97.1 Å². The van der Waals surface area contributed by atoms with E-state index in [1.807, 2.05) is 30.3 Å². The SMILES string of the molecule is c1ccc(-c2c(-c3ccccc3N(c3ccccc3)c3ccccc3)oc3ccccc23)cc1. The lowest BCUT2D eigenvalue weighted by Gasteiger charge is -2.27. The highest BCUT2D eigenvalue weighted by Crippen LogP contribution is 2.46. The molecule has 0 bridgehead atoms. The topological polar surface area (TPSA) is 16.4 Å². The summed E-state index contributed by atoms with van der Waals surface area (Å²) in [7, 11) is 0. The highest BCUT2D eigenvalue weighted by atomic mass is 16.3. The molecule has 2 nitrogen and oxygen atoms in total. The van der Waals surface area contributed by atoms with Crippen molar-refractivity contribution in [2.24, 2.45) is 0 Å². The Labute approximate surface area is 199 Å². The van der Waals surface area contributed by atoms with Crippen molar-refractivity contribution in [2.75, 3.05) is 4.90 Å². The molecule has 6 aromatic rings. The Kier molecular flexibility index (Phi) is 5.17. The maximum Gasteiger partial charge on any atom is 0.145 e. The molecule has 0 aliphatic rings. The van der Waals surface area contributed by atoms with Crippen LogP contribution in [0.4, 0.5) is 17.1 Å².